The summed E-state index contributed by atoms with van der Waals surface area (Å²) in [6.45, 7) is 11.6. The Bertz CT molecular complexity index is 628. The van der Waals surface area contributed by atoms with Crippen LogP contribution in [0, 0.1) is 0 Å². The van der Waals surface area contributed by atoms with Crippen molar-refractivity contribution in [1.82, 2.24) is 0 Å². The van der Waals surface area contributed by atoms with Gasteiger partial charge in [-0.25, -0.2) is 0 Å². The van der Waals surface area contributed by atoms with Crippen molar-refractivity contribution in [2.75, 3.05) is 27.9 Å². The van der Waals surface area contributed by atoms with Gasteiger partial charge in [-0.3, -0.25) is 4.79 Å². The molecule has 0 heterocycles. The topological polar surface area (TPSA) is 44.8 Å². The Balaban J connectivity index is 5.15. The average Bonchev–Trinajstić information content (AvgIpc) is 2.63. The van der Waals surface area contributed by atoms with Crippen LogP contribution in [0.4, 0.5) is 0 Å². The number of rotatable bonds is 11. The van der Waals surface area contributed by atoms with Crippen molar-refractivity contribution in [2.24, 2.45) is 0 Å². The summed E-state index contributed by atoms with van der Waals surface area (Å²) >= 11 is 0. The van der Waals surface area contributed by atoms with E-state index in [1.807, 2.05) is 26.0 Å². The maximum atomic E-state index is 12.2. The summed E-state index contributed by atoms with van der Waals surface area (Å²) in [6, 6.07) is 0. The van der Waals surface area contributed by atoms with Gasteiger partial charge in [-0.1, -0.05) is 43.0 Å². The van der Waals surface area contributed by atoms with Crippen molar-refractivity contribution in [3.63, 3.8) is 0 Å². The molecule has 0 atom stereocenters. The van der Waals surface area contributed by atoms with Gasteiger partial charge in [-0.05, 0) is 37.6 Å². The van der Waals surface area contributed by atoms with Crippen LogP contribution in [-0.4, -0.2) is 33.7 Å². The highest BCUT2D eigenvalue weighted by Gasteiger charge is 2.06. The molecular formula is C21H28O4. The first-order chi connectivity index (χ1) is 11.9. The molecule has 0 aliphatic heterocycles. The van der Waals surface area contributed by atoms with Crippen LogP contribution in [0.3, 0.4) is 0 Å². The molecule has 0 aromatic rings. The van der Waals surface area contributed by atoms with Crippen molar-refractivity contribution in [2.45, 2.75) is 13.8 Å². The number of allylic oxidation sites excluding steroid dienone is 10. The van der Waals surface area contributed by atoms with Crippen molar-refractivity contribution in [3.05, 3.63) is 83.9 Å². The van der Waals surface area contributed by atoms with Crippen LogP contribution >= 0.6 is 0 Å². The lowest BCUT2D eigenvalue weighted by Crippen LogP contribution is -2.02. The number of carbonyl (C=O) groups is 1. The molecular weight excluding hydrogens is 316 g/mol. The SMILES string of the molecule is C=C\C(C)=C/C(=C\C)/C=C/C(=O)C(=C)/C=C\C(OC)=C(/COC)OC. The minimum atomic E-state index is -0.193. The molecule has 0 aromatic carbocycles. The smallest absolute Gasteiger partial charge is 0.185 e. The van der Waals surface area contributed by atoms with E-state index in [2.05, 4.69) is 13.2 Å². The first-order valence-corrected chi connectivity index (χ1v) is 7.79. The predicted octanol–water partition coefficient (Wildman–Crippen LogP) is 4.45. The fourth-order valence-corrected chi connectivity index (χ4v) is 1.72. The fraction of sp³-hybridized carbons (Fsp3) is 0.286. The molecule has 0 aliphatic carbocycles. The van der Waals surface area contributed by atoms with E-state index in [0.29, 0.717) is 17.1 Å². The number of carbonyl (C=O) groups excluding carboxylic acids is 1. The molecule has 0 saturated carbocycles. The highest BCUT2D eigenvalue weighted by Crippen LogP contribution is 2.11. The third kappa shape index (κ3) is 8.72. The standard InChI is InChI=1S/C21H28O4/c1-8-16(3)14-18(9-2)11-12-19(22)17(4)10-13-20(24-6)21(25-7)15-23-5/h8-14H,1,4,15H2,2-3,5-7H3/b12-11+,13-10-,16-14-,18-9-,21-20-. The minimum absolute atomic E-state index is 0.193. The summed E-state index contributed by atoms with van der Waals surface area (Å²) in [5.74, 6) is 0.806. The van der Waals surface area contributed by atoms with Crippen LogP contribution in [0.2, 0.25) is 0 Å². The lowest BCUT2D eigenvalue weighted by atomic mass is 10.1. The molecule has 0 saturated heterocycles. The van der Waals surface area contributed by atoms with Crippen LogP contribution in [0.5, 0.6) is 0 Å². The zero-order valence-electron chi connectivity index (χ0n) is 15.8. The van der Waals surface area contributed by atoms with Crippen LogP contribution < -0.4 is 0 Å². The van der Waals surface area contributed by atoms with Gasteiger partial charge in [0, 0.05) is 12.7 Å². The fourth-order valence-electron chi connectivity index (χ4n) is 1.72. The highest BCUT2D eigenvalue weighted by atomic mass is 16.5. The Morgan fingerprint density at radius 2 is 1.72 bits per heavy atom. The van der Waals surface area contributed by atoms with Crippen LogP contribution in [-0.2, 0) is 19.0 Å². The molecule has 0 amide bonds. The molecule has 0 bridgehead atoms. The Kier molecular flexibility index (Phi) is 11.5. The van der Waals surface area contributed by atoms with Gasteiger partial charge in [0.25, 0.3) is 0 Å². The van der Waals surface area contributed by atoms with E-state index in [9.17, 15) is 4.79 Å². The summed E-state index contributed by atoms with van der Waals surface area (Å²) in [6.07, 6.45) is 12.1. The summed E-state index contributed by atoms with van der Waals surface area (Å²) in [5.41, 5.74) is 2.27. The van der Waals surface area contributed by atoms with Gasteiger partial charge in [0.1, 0.15) is 6.61 Å². The molecule has 0 N–H and O–H groups in total. The lowest BCUT2D eigenvalue weighted by molar-refractivity contribution is -0.111. The Labute approximate surface area is 151 Å². The summed E-state index contributed by atoms with van der Waals surface area (Å²) < 4.78 is 15.5. The van der Waals surface area contributed by atoms with E-state index in [4.69, 9.17) is 14.2 Å². The Morgan fingerprint density at radius 3 is 2.20 bits per heavy atom. The number of methoxy groups -OCH3 is 3. The van der Waals surface area contributed by atoms with Gasteiger partial charge in [0.2, 0.25) is 0 Å². The Hall–Kier alpha value is -2.59. The third-order valence-electron chi connectivity index (χ3n) is 3.25. The van der Waals surface area contributed by atoms with Gasteiger partial charge >= 0.3 is 0 Å². The Morgan fingerprint density at radius 1 is 1.04 bits per heavy atom. The van der Waals surface area contributed by atoms with Gasteiger partial charge in [0.15, 0.2) is 17.3 Å². The van der Waals surface area contributed by atoms with Crippen molar-refractivity contribution >= 4 is 5.78 Å². The van der Waals surface area contributed by atoms with Crippen molar-refractivity contribution < 1.29 is 19.0 Å². The van der Waals surface area contributed by atoms with Gasteiger partial charge in [-0.15, -0.1) is 0 Å². The highest BCUT2D eigenvalue weighted by molar-refractivity contribution is 6.05. The van der Waals surface area contributed by atoms with E-state index < -0.39 is 0 Å². The first kappa shape index (κ1) is 22.4. The molecule has 25 heavy (non-hydrogen) atoms. The number of hydrogen-bond donors (Lipinski definition) is 0. The average molecular weight is 344 g/mol. The maximum Gasteiger partial charge on any atom is 0.185 e. The van der Waals surface area contributed by atoms with E-state index in [-0.39, 0.29) is 12.4 Å². The van der Waals surface area contributed by atoms with E-state index in [1.54, 1.807) is 31.4 Å². The molecule has 4 heteroatoms. The van der Waals surface area contributed by atoms with E-state index in [0.717, 1.165) is 11.1 Å². The summed E-state index contributed by atoms with van der Waals surface area (Å²) in [7, 11) is 4.61. The second kappa shape index (κ2) is 12.8. The largest absolute Gasteiger partial charge is 0.495 e. The minimum Gasteiger partial charge on any atom is -0.495 e. The van der Waals surface area contributed by atoms with E-state index >= 15 is 0 Å². The first-order valence-electron chi connectivity index (χ1n) is 7.79. The van der Waals surface area contributed by atoms with Crippen molar-refractivity contribution in [1.29, 1.82) is 0 Å². The molecule has 4 nitrogen and oxygen atoms in total. The molecule has 0 unspecified atom stereocenters. The molecule has 0 radical (unpaired) electrons. The second-order valence-corrected chi connectivity index (χ2v) is 5.07. The number of ether oxygens (including phenoxy) is 3. The monoisotopic (exact) mass is 344 g/mol. The summed E-state index contributed by atoms with van der Waals surface area (Å²) in [4.78, 5) is 12.2. The lowest BCUT2D eigenvalue weighted by Gasteiger charge is -2.09. The van der Waals surface area contributed by atoms with Crippen LogP contribution in [0.15, 0.2) is 83.9 Å². The third-order valence-corrected chi connectivity index (χ3v) is 3.25. The molecule has 0 fully saturated rings. The molecule has 0 aliphatic rings. The van der Waals surface area contributed by atoms with Gasteiger partial charge in [0.05, 0.1) is 14.2 Å². The van der Waals surface area contributed by atoms with Crippen LogP contribution in [0.25, 0.3) is 0 Å². The van der Waals surface area contributed by atoms with Crippen LogP contribution in [0.1, 0.15) is 13.8 Å². The van der Waals surface area contributed by atoms with Gasteiger partial charge in [-0.2, -0.15) is 0 Å². The zero-order chi connectivity index (χ0) is 19.2. The van der Waals surface area contributed by atoms with E-state index in [1.165, 1.54) is 20.3 Å². The maximum absolute atomic E-state index is 12.2. The molecule has 0 spiro atoms. The second-order valence-electron chi connectivity index (χ2n) is 5.07. The summed E-state index contributed by atoms with van der Waals surface area (Å²) in [5, 5.41) is 0. The molecule has 0 rings (SSSR count). The molecule has 136 valence electrons. The zero-order valence-corrected chi connectivity index (χ0v) is 15.8. The van der Waals surface area contributed by atoms with Gasteiger partial charge < -0.3 is 14.2 Å². The normalized spacial score (nSPS) is 13.8. The molecule has 0 aromatic heterocycles. The number of ketones is 1. The quantitative estimate of drug-likeness (QED) is 0.315. The predicted molar refractivity (Wildman–Crippen MR) is 103 cm³/mol. The number of hydrogen-bond acceptors (Lipinski definition) is 4. The van der Waals surface area contributed by atoms with Crippen molar-refractivity contribution in [3.8, 4) is 0 Å².